The van der Waals surface area contributed by atoms with Crippen molar-refractivity contribution in [2.45, 2.75) is 32.2 Å². The van der Waals surface area contributed by atoms with E-state index in [0.717, 1.165) is 70.2 Å². The van der Waals surface area contributed by atoms with E-state index in [1.807, 2.05) is 4.68 Å². The number of piperidine rings is 1. The number of nitrogens with zero attached hydrogens (tertiary/aromatic N) is 7. The highest BCUT2D eigenvalue weighted by molar-refractivity contribution is 5.49. The number of likely N-dealkylation sites (tertiary alicyclic amines) is 1. The van der Waals surface area contributed by atoms with Gasteiger partial charge >= 0.3 is 0 Å². The second-order valence-electron chi connectivity index (χ2n) is 10.1. The van der Waals surface area contributed by atoms with Crippen molar-refractivity contribution in [2.24, 2.45) is 0 Å². The average molecular weight is 472 g/mol. The van der Waals surface area contributed by atoms with E-state index in [-0.39, 0.29) is 5.54 Å². The first-order valence-electron chi connectivity index (χ1n) is 12.8. The zero-order valence-electron chi connectivity index (χ0n) is 21.3. The van der Waals surface area contributed by atoms with Gasteiger partial charge in [-0.05, 0) is 60.9 Å². The predicted molar refractivity (Wildman–Crippen MR) is 141 cm³/mol. The lowest BCUT2D eigenvalue weighted by Crippen LogP contribution is -2.59. The molecule has 0 amide bonds. The Hall–Kier alpha value is -2.87. The first-order chi connectivity index (χ1) is 17.1. The van der Waals surface area contributed by atoms with E-state index in [9.17, 15) is 0 Å². The maximum Gasteiger partial charge on any atom is 0.177 e. The summed E-state index contributed by atoms with van der Waals surface area (Å²) in [6.07, 6.45) is 6.60. The highest BCUT2D eigenvalue weighted by atomic mass is 15.6. The summed E-state index contributed by atoms with van der Waals surface area (Å²) < 4.78 is 2.03. The molecule has 2 fully saturated rings. The standard InChI is InChI=1S/C28H37N7/c1-23-9-7-10-24(2)26(23)35-27(29-30-31-35)28(14-17-32(3)18-15-28)34-21-19-33(20-22-34)16-8-13-25-11-5-4-6-12-25/h4-13H,14-22H2,1-3H3. The molecular weight excluding hydrogens is 434 g/mol. The highest BCUT2D eigenvalue weighted by Gasteiger charge is 2.46. The van der Waals surface area contributed by atoms with E-state index in [0.29, 0.717) is 0 Å². The smallest absolute Gasteiger partial charge is 0.177 e. The monoisotopic (exact) mass is 471 g/mol. The van der Waals surface area contributed by atoms with Gasteiger partial charge in [-0.25, -0.2) is 0 Å². The average Bonchev–Trinajstić information content (AvgIpc) is 3.36. The zero-order valence-corrected chi connectivity index (χ0v) is 21.3. The fourth-order valence-corrected chi connectivity index (χ4v) is 5.70. The van der Waals surface area contributed by atoms with Crippen LogP contribution in [0.2, 0.25) is 0 Å². The second kappa shape index (κ2) is 10.4. The Morgan fingerprint density at radius 2 is 1.54 bits per heavy atom. The van der Waals surface area contributed by atoms with Gasteiger partial charge in [-0.3, -0.25) is 9.80 Å². The van der Waals surface area contributed by atoms with Crippen molar-refractivity contribution in [3.8, 4) is 5.69 Å². The van der Waals surface area contributed by atoms with Crippen molar-refractivity contribution in [3.63, 3.8) is 0 Å². The van der Waals surface area contributed by atoms with Gasteiger partial charge in [-0.15, -0.1) is 5.10 Å². The fourth-order valence-electron chi connectivity index (χ4n) is 5.70. The number of aryl methyl sites for hydroxylation is 2. The van der Waals surface area contributed by atoms with E-state index >= 15 is 0 Å². The number of para-hydroxylation sites is 1. The van der Waals surface area contributed by atoms with Crippen LogP contribution in [-0.2, 0) is 5.54 Å². The number of tetrazole rings is 1. The summed E-state index contributed by atoms with van der Waals surface area (Å²) in [5.74, 6) is 1.00. The van der Waals surface area contributed by atoms with E-state index in [1.54, 1.807) is 0 Å². The molecule has 0 bridgehead atoms. The third-order valence-corrected chi connectivity index (χ3v) is 7.80. The molecule has 2 aliphatic rings. The molecular formula is C28H37N7. The summed E-state index contributed by atoms with van der Waals surface area (Å²) in [7, 11) is 2.22. The Morgan fingerprint density at radius 1 is 0.857 bits per heavy atom. The Labute approximate surface area is 209 Å². The van der Waals surface area contributed by atoms with Gasteiger partial charge < -0.3 is 4.90 Å². The largest absolute Gasteiger partial charge is 0.306 e. The van der Waals surface area contributed by atoms with Gasteiger partial charge in [0.2, 0.25) is 0 Å². The molecule has 35 heavy (non-hydrogen) atoms. The molecule has 1 aromatic heterocycles. The van der Waals surface area contributed by atoms with Crippen molar-refractivity contribution >= 4 is 6.08 Å². The molecule has 0 unspecified atom stereocenters. The Balaban J connectivity index is 1.36. The lowest BCUT2D eigenvalue weighted by Gasteiger charge is -2.50. The van der Waals surface area contributed by atoms with E-state index < -0.39 is 0 Å². The van der Waals surface area contributed by atoms with Crippen LogP contribution in [0.1, 0.15) is 35.4 Å². The molecule has 0 radical (unpaired) electrons. The molecule has 0 aliphatic carbocycles. The maximum atomic E-state index is 4.69. The van der Waals surface area contributed by atoms with Crippen molar-refractivity contribution < 1.29 is 0 Å². The van der Waals surface area contributed by atoms with Crippen LogP contribution < -0.4 is 0 Å². The van der Waals surface area contributed by atoms with Gasteiger partial charge in [-0.2, -0.15) is 4.68 Å². The number of hydrogen-bond acceptors (Lipinski definition) is 6. The summed E-state index contributed by atoms with van der Waals surface area (Å²) in [5.41, 5.74) is 4.65. The van der Waals surface area contributed by atoms with Gasteiger partial charge in [0, 0.05) is 45.8 Å². The molecule has 2 saturated heterocycles. The van der Waals surface area contributed by atoms with Gasteiger partial charge in [0.1, 0.15) is 0 Å². The Morgan fingerprint density at radius 3 is 2.23 bits per heavy atom. The molecule has 0 atom stereocenters. The Bertz CT molecular complexity index is 1120. The van der Waals surface area contributed by atoms with Gasteiger partial charge in [-0.1, -0.05) is 60.7 Å². The topological polar surface area (TPSA) is 53.3 Å². The molecule has 0 spiro atoms. The number of benzene rings is 2. The summed E-state index contributed by atoms with van der Waals surface area (Å²) in [6.45, 7) is 11.6. The summed E-state index contributed by atoms with van der Waals surface area (Å²) in [4.78, 5) is 7.65. The van der Waals surface area contributed by atoms with Crippen molar-refractivity contribution in [1.82, 2.24) is 34.9 Å². The molecule has 3 aromatic rings. The molecule has 5 rings (SSSR count). The lowest BCUT2D eigenvalue weighted by atomic mass is 9.84. The van der Waals surface area contributed by atoms with E-state index in [4.69, 9.17) is 0 Å². The van der Waals surface area contributed by atoms with Crippen LogP contribution in [0.4, 0.5) is 0 Å². The molecule has 184 valence electrons. The molecule has 2 aromatic carbocycles. The fraction of sp³-hybridized carbons (Fsp3) is 0.464. The number of aromatic nitrogens is 4. The van der Waals surface area contributed by atoms with Crippen LogP contribution in [0.5, 0.6) is 0 Å². The van der Waals surface area contributed by atoms with Crippen LogP contribution in [0, 0.1) is 13.8 Å². The molecule has 2 aliphatic heterocycles. The summed E-state index contributed by atoms with van der Waals surface area (Å²) >= 11 is 0. The maximum absolute atomic E-state index is 4.69. The predicted octanol–water partition coefficient (Wildman–Crippen LogP) is 3.53. The van der Waals surface area contributed by atoms with Crippen molar-refractivity contribution in [1.29, 1.82) is 0 Å². The lowest BCUT2D eigenvalue weighted by molar-refractivity contribution is -0.0149. The molecule has 7 heteroatoms. The Kier molecular flexibility index (Phi) is 7.09. The second-order valence-corrected chi connectivity index (χ2v) is 10.1. The van der Waals surface area contributed by atoms with Gasteiger partial charge in [0.15, 0.2) is 5.82 Å². The van der Waals surface area contributed by atoms with Crippen molar-refractivity contribution in [3.05, 3.63) is 77.1 Å². The minimum Gasteiger partial charge on any atom is -0.306 e. The first kappa shape index (κ1) is 23.9. The van der Waals surface area contributed by atoms with Crippen LogP contribution in [-0.4, -0.2) is 87.8 Å². The van der Waals surface area contributed by atoms with Gasteiger partial charge in [0.05, 0.1) is 11.2 Å². The number of piperazine rings is 1. The number of hydrogen-bond donors (Lipinski definition) is 0. The third kappa shape index (κ3) is 4.94. The summed E-state index contributed by atoms with van der Waals surface area (Å²) in [5, 5.41) is 13.4. The molecule has 3 heterocycles. The first-order valence-corrected chi connectivity index (χ1v) is 12.8. The molecule has 0 saturated carbocycles. The van der Waals surface area contributed by atoms with Crippen LogP contribution in [0.3, 0.4) is 0 Å². The SMILES string of the molecule is Cc1cccc(C)c1-n1nnnc1C1(N2CCN(CC=Cc3ccccc3)CC2)CCN(C)CC1. The van der Waals surface area contributed by atoms with Gasteiger partial charge in [0.25, 0.3) is 0 Å². The molecule has 0 N–H and O–H groups in total. The quantitative estimate of drug-likeness (QED) is 0.548. The number of rotatable bonds is 6. The highest BCUT2D eigenvalue weighted by Crippen LogP contribution is 2.39. The van der Waals surface area contributed by atoms with E-state index in [2.05, 4.69) is 112 Å². The zero-order chi connectivity index (χ0) is 24.3. The van der Waals surface area contributed by atoms with Crippen LogP contribution in [0.15, 0.2) is 54.6 Å². The van der Waals surface area contributed by atoms with E-state index in [1.165, 1.54) is 16.7 Å². The molecule has 7 nitrogen and oxygen atoms in total. The van der Waals surface area contributed by atoms with Crippen LogP contribution >= 0.6 is 0 Å². The summed E-state index contributed by atoms with van der Waals surface area (Å²) in [6, 6.07) is 16.9. The minimum atomic E-state index is -0.142. The normalized spacial score (nSPS) is 20.0. The van der Waals surface area contributed by atoms with Crippen LogP contribution in [0.25, 0.3) is 11.8 Å². The third-order valence-electron chi connectivity index (χ3n) is 7.80. The van der Waals surface area contributed by atoms with Crippen molar-refractivity contribution in [2.75, 3.05) is 52.9 Å². The minimum absolute atomic E-state index is 0.142.